The van der Waals surface area contributed by atoms with Crippen LogP contribution in [-0.2, 0) is 6.54 Å². The molecule has 0 spiro atoms. The van der Waals surface area contributed by atoms with Crippen LogP contribution in [0.5, 0.6) is 0 Å². The van der Waals surface area contributed by atoms with E-state index < -0.39 is 0 Å². The fourth-order valence-corrected chi connectivity index (χ4v) is 3.23. The Hall–Kier alpha value is -0.870. The fraction of sp³-hybridized carbons (Fsp3) is 0.812. The van der Waals surface area contributed by atoms with Crippen LogP contribution in [0.1, 0.15) is 44.3 Å². The minimum Gasteiger partial charge on any atom is -0.396 e. The Balaban J connectivity index is 1.61. The van der Waals surface area contributed by atoms with Gasteiger partial charge in [-0.15, -0.1) is 0 Å². The van der Waals surface area contributed by atoms with E-state index in [1.807, 2.05) is 6.20 Å². The lowest BCUT2D eigenvalue weighted by atomic mass is 9.86. The third-order valence-corrected chi connectivity index (χ3v) is 4.78. The number of hydrogen-bond donors (Lipinski definition) is 1. The average molecular weight is 279 g/mol. The zero-order valence-electron chi connectivity index (χ0n) is 13.0. The lowest BCUT2D eigenvalue weighted by Crippen LogP contribution is -2.36. The van der Waals surface area contributed by atoms with E-state index in [0.29, 0.717) is 12.5 Å². The highest BCUT2D eigenvalue weighted by molar-refractivity contribution is 4.88. The molecule has 1 saturated carbocycles. The second-order valence-corrected chi connectivity index (χ2v) is 6.21. The first-order valence-corrected chi connectivity index (χ1v) is 7.99. The predicted molar refractivity (Wildman–Crippen MR) is 81.7 cm³/mol. The second kappa shape index (κ2) is 7.79. The number of imidazole rings is 1. The van der Waals surface area contributed by atoms with Crippen molar-refractivity contribution in [2.45, 2.75) is 58.0 Å². The normalized spacial score (nSPS) is 23.4. The first-order valence-electron chi connectivity index (χ1n) is 7.99. The molecule has 1 N–H and O–H groups in total. The average Bonchev–Trinajstić information content (AvgIpc) is 2.89. The maximum absolute atomic E-state index is 9.18. The quantitative estimate of drug-likeness (QED) is 0.780. The van der Waals surface area contributed by atoms with E-state index in [1.54, 1.807) is 0 Å². The summed E-state index contributed by atoms with van der Waals surface area (Å²) in [6.45, 7) is 4.70. The molecule has 0 aliphatic heterocycles. The van der Waals surface area contributed by atoms with Gasteiger partial charge < -0.3 is 14.6 Å². The molecule has 1 aliphatic rings. The van der Waals surface area contributed by atoms with Crippen LogP contribution >= 0.6 is 0 Å². The molecule has 114 valence electrons. The van der Waals surface area contributed by atoms with Gasteiger partial charge in [0.25, 0.3) is 0 Å². The third-order valence-electron chi connectivity index (χ3n) is 4.78. The van der Waals surface area contributed by atoms with E-state index in [4.69, 9.17) is 0 Å². The third kappa shape index (κ3) is 4.32. The Bertz CT molecular complexity index is 383. The fourth-order valence-electron chi connectivity index (χ4n) is 3.23. The number of aliphatic hydroxyl groups excluding tert-OH is 1. The molecule has 1 fully saturated rings. The minimum absolute atomic E-state index is 0.376. The number of aryl methyl sites for hydroxylation is 2. The van der Waals surface area contributed by atoms with Crippen molar-refractivity contribution in [3.63, 3.8) is 0 Å². The molecule has 1 aromatic heterocycles. The van der Waals surface area contributed by atoms with Crippen LogP contribution in [0.25, 0.3) is 0 Å². The van der Waals surface area contributed by atoms with Gasteiger partial charge in [0.1, 0.15) is 5.82 Å². The van der Waals surface area contributed by atoms with E-state index in [9.17, 15) is 5.11 Å². The molecule has 1 heterocycles. The van der Waals surface area contributed by atoms with Crippen LogP contribution in [0.4, 0.5) is 0 Å². The lowest BCUT2D eigenvalue weighted by Gasteiger charge is -2.34. The molecule has 1 aromatic rings. The smallest absolute Gasteiger partial charge is 0.105 e. The molecular formula is C16H29N3O. The molecule has 4 nitrogen and oxygen atoms in total. The lowest BCUT2D eigenvalue weighted by molar-refractivity contribution is 0.126. The maximum atomic E-state index is 9.18. The van der Waals surface area contributed by atoms with Gasteiger partial charge in [0.05, 0.1) is 0 Å². The molecule has 0 aromatic carbocycles. The Labute approximate surface area is 122 Å². The number of aliphatic hydroxyl groups is 1. The molecule has 2 rings (SSSR count). The summed E-state index contributed by atoms with van der Waals surface area (Å²) >= 11 is 0. The molecule has 1 aliphatic carbocycles. The van der Waals surface area contributed by atoms with E-state index in [2.05, 4.69) is 34.6 Å². The summed E-state index contributed by atoms with van der Waals surface area (Å²) in [6, 6.07) is 0.729. The van der Waals surface area contributed by atoms with Crippen LogP contribution in [0.3, 0.4) is 0 Å². The van der Waals surface area contributed by atoms with Crippen molar-refractivity contribution in [2.24, 2.45) is 5.92 Å². The summed E-state index contributed by atoms with van der Waals surface area (Å²) in [4.78, 5) is 6.77. The van der Waals surface area contributed by atoms with Crippen LogP contribution in [-0.4, -0.2) is 45.8 Å². The van der Waals surface area contributed by atoms with E-state index in [0.717, 1.165) is 18.4 Å². The van der Waals surface area contributed by atoms with Crippen molar-refractivity contribution in [2.75, 3.05) is 20.2 Å². The van der Waals surface area contributed by atoms with E-state index >= 15 is 0 Å². The van der Waals surface area contributed by atoms with Gasteiger partial charge in [0.15, 0.2) is 0 Å². The number of rotatable bonds is 7. The van der Waals surface area contributed by atoms with Crippen LogP contribution in [0, 0.1) is 12.8 Å². The van der Waals surface area contributed by atoms with Gasteiger partial charge in [0.2, 0.25) is 0 Å². The molecule has 20 heavy (non-hydrogen) atoms. The predicted octanol–water partition coefficient (Wildman–Crippen LogP) is 2.45. The Morgan fingerprint density at radius 1 is 1.30 bits per heavy atom. The van der Waals surface area contributed by atoms with Crippen molar-refractivity contribution in [1.82, 2.24) is 14.5 Å². The van der Waals surface area contributed by atoms with Crippen molar-refractivity contribution in [3.8, 4) is 0 Å². The van der Waals surface area contributed by atoms with Gasteiger partial charge in [-0.3, -0.25) is 0 Å². The zero-order valence-corrected chi connectivity index (χ0v) is 13.0. The van der Waals surface area contributed by atoms with Gasteiger partial charge in [-0.2, -0.15) is 0 Å². The highest BCUT2D eigenvalue weighted by Gasteiger charge is 2.22. The van der Waals surface area contributed by atoms with E-state index in [-0.39, 0.29) is 0 Å². The van der Waals surface area contributed by atoms with Crippen molar-refractivity contribution in [3.05, 3.63) is 18.2 Å². The number of hydrogen-bond acceptors (Lipinski definition) is 3. The summed E-state index contributed by atoms with van der Waals surface area (Å²) in [7, 11) is 2.26. The molecule has 0 bridgehead atoms. The molecule has 0 saturated heterocycles. The molecular weight excluding hydrogens is 250 g/mol. The molecule has 0 unspecified atom stereocenters. The highest BCUT2D eigenvalue weighted by Crippen LogP contribution is 2.26. The van der Waals surface area contributed by atoms with Gasteiger partial charge in [-0.25, -0.2) is 4.98 Å². The number of nitrogens with zero attached hydrogens (tertiary/aromatic N) is 3. The first-order chi connectivity index (χ1) is 9.70. The summed E-state index contributed by atoms with van der Waals surface area (Å²) in [6.07, 6.45) is 11.3. The van der Waals surface area contributed by atoms with Crippen LogP contribution in [0.15, 0.2) is 12.4 Å². The van der Waals surface area contributed by atoms with Crippen LogP contribution in [0.2, 0.25) is 0 Å². The molecule has 0 radical (unpaired) electrons. The van der Waals surface area contributed by atoms with Crippen molar-refractivity contribution < 1.29 is 5.11 Å². The van der Waals surface area contributed by atoms with Crippen LogP contribution < -0.4 is 0 Å². The largest absolute Gasteiger partial charge is 0.396 e. The van der Waals surface area contributed by atoms with Gasteiger partial charge in [-0.05, 0) is 65.0 Å². The monoisotopic (exact) mass is 279 g/mol. The molecule has 4 heteroatoms. The molecule has 0 atom stereocenters. The summed E-state index contributed by atoms with van der Waals surface area (Å²) in [5.74, 6) is 1.67. The standard InChI is InChI=1S/C16H29N3O/c1-14-17-9-12-19(14)11-4-3-10-18(2)16-7-5-15(13-20)6-8-16/h9,12,15-16,20H,3-8,10-11,13H2,1-2H3. The van der Waals surface area contributed by atoms with Crippen molar-refractivity contribution in [1.29, 1.82) is 0 Å². The highest BCUT2D eigenvalue weighted by atomic mass is 16.3. The zero-order chi connectivity index (χ0) is 14.4. The maximum Gasteiger partial charge on any atom is 0.105 e. The summed E-state index contributed by atoms with van der Waals surface area (Å²) in [5.41, 5.74) is 0. The Morgan fingerprint density at radius 2 is 2.05 bits per heavy atom. The Kier molecular flexibility index (Phi) is 6.05. The SMILES string of the molecule is Cc1nccn1CCCCN(C)C1CCC(CO)CC1. The van der Waals surface area contributed by atoms with Gasteiger partial charge >= 0.3 is 0 Å². The topological polar surface area (TPSA) is 41.3 Å². The number of aromatic nitrogens is 2. The Morgan fingerprint density at radius 3 is 2.65 bits per heavy atom. The minimum atomic E-state index is 0.376. The second-order valence-electron chi connectivity index (χ2n) is 6.21. The van der Waals surface area contributed by atoms with E-state index in [1.165, 1.54) is 45.1 Å². The number of unbranched alkanes of at least 4 members (excludes halogenated alkanes) is 1. The summed E-state index contributed by atoms with van der Waals surface area (Å²) < 4.78 is 2.23. The first kappa shape index (κ1) is 15.5. The molecule has 0 amide bonds. The summed E-state index contributed by atoms with van der Waals surface area (Å²) in [5, 5.41) is 9.18. The van der Waals surface area contributed by atoms with Crippen molar-refractivity contribution >= 4 is 0 Å². The van der Waals surface area contributed by atoms with Gasteiger partial charge in [-0.1, -0.05) is 0 Å². The van der Waals surface area contributed by atoms with Gasteiger partial charge in [0, 0.05) is 31.6 Å².